The van der Waals surface area contributed by atoms with Gasteiger partial charge < -0.3 is 14.2 Å². The van der Waals surface area contributed by atoms with Crippen molar-refractivity contribution in [3.63, 3.8) is 0 Å². The van der Waals surface area contributed by atoms with Crippen LogP contribution in [0.4, 0.5) is 4.79 Å². The number of nitrogens with zero attached hydrogens (tertiary/aromatic N) is 1. The zero-order valence-electron chi connectivity index (χ0n) is 14.3. The lowest BCUT2D eigenvalue weighted by atomic mass is 10.2. The van der Waals surface area contributed by atoms with Crippen molar-refractivity contribution in [2.75, 3.05) is 26.9 Å². The number of methoxy groups -OCH3 is 1. The number of benzene rings is 1. The van der Waals surface area contributed by atoms with Gasteiger partial charge in [-0.25, -0.2) is 4.79 Å². The van der Waals surface area contributed by atoms with Gasteiger partial charge in [-0.1, -0.05) is 12.0 Å². The molecule has 1 saturated heterocycles. The molecule has 0 bridgehead atoms. The monoisotopic (exact) mass is 375 g/mol. The zero-order valence-corrected chi connectivity index (χ0v) is 15.1. The molecule has 8 heteroatoms. The Balaban J connectivity index is 2.24. The fraction of sp³-hybridized carbons (Fsp3) is 0.278. The van der Waals surface area contributed by atoms with E-state index in [0.29, 0.717) is 23.7 Å². The van der Waals surface area contributed by atoms with E-state index < -0.39 is 17.1 Å². The molecule has 2 rings (SSSR count). The molecular formula is C18H17NO6S. The first-order valence-electron chi connectivity index (χ1n) is 7.65. The summed E-state index contributed by atoms with van der Waals surface area (Å²) in [5, 5.41) is -0.401. The first-order valence-corrected chi connectivity index (χ1v) is 8.47. The van der Waals surface area contributed by atoms with Gasteiger partial charge in [-0.3, -0.25) is 14.5 Å². The lowest BCUT2D eigenvalue weighted by Crippen LogP contribution is -2.28. The van der Waals surface area contributed by atoms with Gasteiger partial charge >= 0.3 is 5.97 Å². The van der Waals surface area contributed by atoms with Crippen LogP contribution in [-0.2, 0) is 14.3 Å². The van der Waals surface area contributed by atoms with Crippen molar-refractivity contribution in [2.24, 2.45) is 0 Å². The summed E-state index contributed by atoms with van der Waals surface area (Å²) in [6.45, 7) is 1.88. The van der Waals surface area contributed by atoms with Crippen LogP contribution in [0.5, 0.6) is 11.5 Å². The SMILES string of the molecule is C#CCN1C(=O)S/C(=C\c2ccc(OCC(=O)OC)c(OCC)c2)C1=O. The summed E-state index contributed by atoms with van der Waals surface area (Å²) in [5.74, 6) is 2.12. The van der Waals surface area contributed by atoms with Crippen LogP contribution in [0.15, 0.2) is 23.1 Å². The Morgan fingerprint density at radius 3 is 2.73 bits per heavy atom. The van der Waals surface area contributed by atoms with Gasteiger partial charge in [0.15, 0.2) is 18.1 Å². The molecule has 0 saturated carbocycles. The number of rotatable bonds is 7. The maximum Gasteiger partial charge on any atom is 0.343 e. The number of esters is 1. The lowest BCUT2D eigenvalue weighted by Gasteiger charge is -2.12. The fourth-order valence-corrected chi connectivity index (χ4v) is 2.91. The number of ether oxygens (including phenoxy) is 3. The van der Waals surface area contributed by atoms with E-state index in [2.05, 4.69) is 10.7 Å². The minimum absolute atomic E-state index is 0.0630. The Hall–Kier alpha value is -2.92. The van der Waals surface area contributed by atoms with Gasteiger partial charge in [-0.2, -0.15) is 0 Å². The summed E-state index contributed by atoms with van der Waals surface area (Å²) in [5.41, 5.74) is 0.644. The molecule has 0 radical (unpaired) electrons. The molecule has 0 aromatic heterocycles. The third-order valence-electron chi connectivity index (χ3n) is 3.26. The second-order valence-corrected chi connectivity index (χ2v) is 5.97. The van der Waals surface area contributed by atoms with E-state index in [0.717, 1.165) is 16.7 Å². The average molecular weight is 375 g/mol. The Bertz CT molecular complexity index is 795. The summed E-state index contributed by atoms with van der Waals surface area (Å²) in [7, 11) is 1.27. The summed E-state index contributed by atoms with van der Waals surface area (Å²) in [4.78, 5) is 36.5. The maximum atomic E-state index is 12.2. The van der Waals surface area contributed by atoms with Crippen LogP contribution in [-0.4, -0.2) is 48.9 Å². The molecule has 2 amide bonds. The molecule has 1 aromatic rings. The van der Waals surface area contributed by atoms with Crippen LogP contribution < -0.4 is 9.47 Å². The normalized spacial score (nSPS) is 15.1. The van der Waals surface area contributed by atoms with Crippen LogP contribution in [0, 0.1) is 12.3 Å². The zero-order chi connectivity index (χ0) is 19.1. The minimum atomic E-state index is -0.515. The van der Waals surface area contributed by atoms with Crippen molar-refractivity contribution in [2.45, 2.75) is 6.92 Å². The van der Waals surface area contributed by atoms with E-state index in [9.17, 15) is 14.4 Å². The van der Waals surface area contributed by atoms with Gasteiger partial charge in [-0.05, 0) is 42.5 Å². The van der Waals surface area contributed by atoms with Crippen LogP contribution in [0.25, 0.3) is 6.08 Å². The van der Waals surface area contributed by atoms with Crippen LogP contribution in [0.1, 0.15) is 12.5 Å². The van der Waals surface area contributed by atoms with Gasteiger partial charge in [0.1, 0.15) is 0 Å². The van der Waals surface area contributed by atoms with Crippen LogP contribution in [0.2, 0.25) is 0 Å². The van der Waals surface area contributed by atoms with Crippen molar-refractivity contribution in [3.05, 3.63) is 28.7 Å². The van der Waals surface area contributed by atoms with E-state index >= 15 is 0 Å². The Kier molecular flexibility index (Phi) is 6.69. The fourth-order valence-electron chi connectivity index (χ4n) is 2.08. The molecule has 1 aliphatic rings. The van der Waals surface area contributed by atoms with Crippen LogP contribution >= 0.6 is 11.8 Å². The van der Waals surface area contributed by atoms with Crippen molar-refractivity contribution in [3.8, 4) is 23.8 Å². The Labute approximate surface area is 155 Å². The molecule has 1 fully saturated rings. The van der Waals surface area contributed by atoms with E-state index in [1.165, 1.54) is 7.11 Å². The molecule has 1 heterocycles. The quantitative estimate of drug-likeness (QED) is 0.411. The maximum absolute atomic E-state index is 12.2. The van der Waals surface area contributed by atoms with E-state index in [-0.39, 0.29) is 18.1 Å². The van der Waals surface area contributed by atoms with Crippen molar-refractivity contribution in [1.82, 2.24) is 4.90 Å². The molecule has 0 N–H and O–H groups in total. The Morgan fingerprint density at radius 1 is 1.31 bits per heavy atom. The van der Waals surface area contributed by atoms with E-state index in [4.69, 9.17) is 15.9 Å². The number of carbonyl (C=O) groups is 3. The van der Waals surface area contributed by atoms with Gasteiger partial charge in [0.05, 0.1) is 25.2 Å². The third kappa shape index (κ3) is 4.58. The second kappa shape index (κ2) is 8.97. The smallest absolute Gasteiger partial charge is 0.343 e. The number of amides is 2. The first kappa shape index (κ1) is 19.4. The number of hydrogen-bond donors (Lipinski definition) is 0. The van der Waals surface area contributed by atoms with Gasteiger partial charge in [0.25, 0.3) is 11.1 Å². The highest BCUT2D eigenvalue weighted by Crippen LogP contribution is 2.34. The highest BCUT2D eigenvalue weighted by atomic mass is 32.2. The first-order chi connectivity index (χ1) is 12.5. The number of terminal acetylenes is 1. The number of imide groups is 1. The van der Waals surface area contributed by atoms with E-state index in [1.807, 2.05) is 6.92 Å². The predicted molar refractivity (Wildman–Crippen MR) is 96.6 cm³/mol. The predicted octanol–water partition coefficient (Wildman–Crippen LogP) is 2.31. The summed E-state index contributed by atoms with van der Waals surface area (Å²) >= 11 is 0.827. The molecule has 26 heavy (non-hydrogen) atoms. The van der Waals surface area contributed by atoms with Gasteiger partial charge in [0, 0.05) is 0 Å². The summed E-state index contributed by atoms with van der Waals surface area (Å²) in [6, 6.07) is 4.96. The molecule has 136 valence electrons. The lowest BCUT2D eigenvalue weighted by molar-refractivity contribution is -0.142. The molecule has 1 aromatic carbocycles. The summed E-state index contributed by atoms with van der Waals surface area (Å²) in [6.07, 6.45) is 6.75. The topological polar surface area (TPSA) is 82.1 Å². The minimum Gasteiger partial charge on any atom is -0.490 e. The van der Waals surface area contributed by atoms with Crippen molar-refractivity contribution in [1.29, 1.82) is 0 Å². The highest BCUT2D eigenvalue weighted by Gasteiger charge is 2.34. The molecule has 7 nitrogen and oxygen atoms in total. The standard InChI is InChI=1S/C18H17NO6S/c1-4-8-19-17(21)15(26-18(19)22)10-12-6-7-13(14(9-12)24-5-2)25-11-16(20)23-3/h1,6-7,9-10H,5,8,11H2,2-3H3/b15-10-. The summed E-state index contributed by atoms with van der Waals surface area (Å²) < 4.78 is 15.4. The molecule has 0 atom stereocenters. The van der Waals surface area contributed by atoms with E-state index in [1.54, 1.807) is 24.3 Å². The average Bonchev–Trinajstić information content (AvgIpc) is 2.89. The highest BCUT2D eigenvalue weighted by molar-refractivity contribution is 8.18. The second-order valence-electron chi connectivity index (χ2n) is 4.98. The molecular weight excluding hydrogens is 358 g/mol. The molecule has 0 spiro atoms. The van der Waals surface area contributed by atoms with Crippen molar-refractivity contribution >= 4 is 35.0 Å². The van der Waals surface area contributed by atoms with Crippen molar-refractivity contribution < 1.29 is 28.6 Å². The number of thioether (sulfide) groups is 1. The van der Waals surface area contributed by atoms with Crippen LogP contribution in [0.3, 0.4) is 0 Å². The molecule has 0 aliphatic carbocycles. The largest absolute Gasteiger partial charge is 0.490 e. The molecule has 0 unspecified atom stereocenters. The number of carbonyl (C=O) groups excluding carboxylic acids is 3. The van der Waals surface area contributed by atoms with Gasteiger partial charge in [-0.15, -0.1) is 6.42 Å². The number of hydrogen-bond acceptors (Lipinski definition) is 7. The Morgan fingerprint density at radius 2 is 2.08 bits per heavy atom. The van der Waals surface area contributed by atoms with Gasteiger partial charge in [0.2, 0.25) is 0 Å². The molecule has 1 aliphatic heterocycles. The third-order valence-corrected chi connectivity index (χ3v) is 4.17.